The van der Waals surface area contributed by atoms with Gasteiger partial charge in [0.15, 0.2) is 12.2 Å². The van der Waals surface area contributed by atoms with Gasteiger partial charge in [0, 0.05) is 15.7 Å². The van der Waals surface area contributed by atoms with Crippen LogP contribution in [0.4, 0.5) is 5.69 Å². The van der Waals surface area contributed by atoms with Gasteiger partial charge < -0.3 is 14.5 Å². The highest BCUT2D eigenvalue weighted by atomic mass is 79.9. The molecule has 5 nitrogen and oxygen atoms in total. The largest absolute Gasteiger partial charge is 0.483 e. The van der Waals surface area contributed by atoms with E-state index in [1.165, 1.54) is 0 Å². The van der Waals surface area contributed by atoms with Gasteiger partial charge in [0.2, 0.25) is 5.89 Å². The molecule has 0 spiro atoms. The normalized spacial score (nSPS) is 10.9. The molecule has 1 N–H and O–H groups in total. The van der Waals surface area contributed by atoms with E-state index in [-0.39, 0.29) is 12.5 Å². The van der Waals surface area contributed by atoms with Crippen LogP contribution < -0.4 is 10.1 Å². The average molecular weight is 451 g/mol. The summed E-state index contributed by atoms with van der Waals surface area (Å²) in [5.74, 6) is 0.999. The molecule has 1 amide bonds. The number of aryl methyl sites for hydroxylation is 2. The number of nitrogens with zero attached hydrogens (tertiary/aromatic N) is 1. The Balaban J connectivity index is 1.46. The fourth-order valence-corrected chi connectivity index (χ4v) is 3.45. The monoisotopic (exact) mass is 450 g/mol. The Morgan fingerprint density at radius 3 is 2.76 bits per heavy atom. The van der Waals surface area contributed by atoms with Crippen molar-refractivity contribution in [2.75, 3.05) is 11.9 Å². The molecule has 0 bridgehead atoms. The number of oxazole rings is 1. The van der Waals surface area contributed by atoms with Gasteiger partial charge in [-0.2, -0.15) is 0 Å². The van der Waals surface area contributed by atoms with Crippen molar-refractivity contribution in [3.8, 4) is 17.2 Å². The average Bonchev–Trinajstić information content (AvgIpc) is 3.11. The molecule has 1 aromatic heterocycles. The van der Waals surface area contributed by atoms with Crippen molar-refractivity contribution in [2.24, 2.45) is 0 Å². The number of ether oxygens (including phenoxy) is 1. The topological polar surface area (TPSA) is 64.4 Å². The summed E-state index contributed by atoms with van der Waals surface area (Å²) in [6, 6.07) is 19.0. The SMILES string of the molecule is Cc1ccc(OCC(=O)Nc2ccc3oc(-c4cccc(Br)c4)nc3c2)c(C)c1. The van der Waals surface area contributed by atoms with Gasteiger partial charge >= 0.3 is 0 Å². The van der Waals surface area contributed by atoms with Crippen molar-refractivity contribution in [2.45, 2.75) is 13.8 Å². The highest BCUT2D eigenvalue weighted by Crippen LogP contribution is 2.28. The van der Waals surface area contributed by atoms with Crippen molar-refractivity contribution >= 4 is 38.6 Å². The maximum absolute atomic E-state index is 12.3. The fourth-order valence-electron chi connectivity index (χ4n) is 3.05. The zero-order valence-corrected chi connectivity index (χ0v) is 17.6. The predicted molar refractivity (Wildman–Crippen MR) is 117 cm³/mol. The van der Waals surface area contributed by atoms with Crippen LogP contribution in [0, 0.1) is 13.8 Å². The standard InChI is InChI=1S/C23H19BrN2O3/c1-14-6-8-20(15(2)10-14)28-13-22(27)25-18-7-9-21-19(12-18)26-23(29-21)16-4-3-5-17(24)11-16/h3-12H,13H2,1-2H3,(H,25,27). The van der Waals surface area contributed by atoms with E-state index in [1.807, 2.05) is 56.3 Å². The van der Waals surface area contributed by atoms with Gasteiger partial charge in [-0.1, -0.05) is 39.7 Å². The third kappa shape index (κ3) is 4.49. The van der Waals surface area contributed by atoms with Crippen LogP contribution in [-0.2, 0) is 4.79 Å². The van der Waals surface area contributed by atoms with Crippen molar-refractivity contribution in [3.63, 3.8) is 0 Å². The molecule has 0 aliphatic carbocycles. The van der Waals surface area contributed by atoms with E-state index in [1.54, 1.807) is 18.2 Å². The minimum atomic E-state index is -0.236. The second kappa shape index (κ2) is 8.09. The molecule has 0 radical (unpaired) electrons. The molecule has 3 aromatic carbocycles. The smallest absolute Gasteiger partial charge is 0.262 e. The lowest BCUT2D eigenvalue weighted by atomic mass is 10.1. The van der Waals surface area contributed by atoms with E-state index in [2.05, 4.69) is 26.2 Å². The second-order valence-electron chi connectivity index (χ2n) is 6.82. The number of halogens is 1. The summed E-state index contributed by atoms with van der Waals surface area (Å²) in [5.41, 5.74) is 5.01. The molecule has 0 saturated carbocycles. The van der Waals surface area contributed by atoms with Crippen LogP contribution in [0.2, 0.25) is 0 Å². The summed E-state index contributed by atoms with van der Waals surface area (Å²) < 4.78 is 12.4. The highest BCUT2D eigenvalue weighted by Gasteiger charge is 2.11. The van der Waals surface area contributed by atoms with E-state index in [9.17, 15) is 4.79 Å². The fraction of sp³-hybridized carbons (Fsp3) is 0.130. The molecule has 0 aliphatic rings. The first kappa shape index (κ1) is 19.2. The summed E-state index contributed by atoms with van der Waals surface area (Å²) in [6.45, 7) is 3.91. The molecule has 0 fully saturated rings. The number of benzene rings is 3. The molecule has 1 heterocycles. The van der Waals surface area contributed by atoms with E-state index in [4.69, 9.17) is 9.15 Å². The molecule has 0 aliphatic heterocycles. The molecule has 0 unspecified atom stereocenters. The van der Waals surface area contributed by atoms with Crippen LogP contribution in [0.25, 0.3) is 22.6 Å². The summed E-state index contributed by atoms with van der Waals surface area (Å²) >= 11 is 3.45. The van der Waals surface area contributed by atoms with Crippen LogP contribution >= 0.6 is 15.9 Å². The lowest BCUT2D eigenvalue weighted by Gasteiger charge is -2.10. The third-order valence-corrected chi connectivity index (χ3v) is 4.93. The van der Waals surface area contributed by atoms with Gasteiger partial charge in [-0.15, -0.1) is 0 Å². The van der Waals surface area contributed by atoms with E-state index in [0.29, 0.717) is 28.4 Å². The van der Waals surface area contributed by atoms with Gasteiger partial charge in [0.25, 0.3) is 5.91 Å². The second-order valence-corrected chi connectivity index (χ2v) is 7.73. The van der Waals surface area contributed by atoms with E-state index < -0.39 is 0 Å². The van der Waals surface area contributed by atoms with Gasteiger partial charge in [0.1, 0.15) is 11.3 Å². The number of anilines is 1. The van der Waals surface area contributed by atoms with Crippen molar-refractivity contribution in [3.05, 3.63) is 76.3 Å². The zero-order valence-electron chi connectivity index (χ0n) is 16.0. The van der Waals surface area contributed by atoms with Crippen LogP contribution in [-0.4, -0.2) is 17.5 Å². The number of nitrogens with one attached hydrogen (secondary N) is 1. The number of aromatic nitrogens is 1. The lowest BCUT2D eigenvalue weighted by molar-refractivity contribution is -0.118. The van der Waals surface area contributed by atoms with Crippen molar-refractivity contribution in [1.29, 1.82) is 0 Å². The maximum Gasteiger partial charge on any atom is 0.262 e. The molecule has 29 heavy (non-hydrogen) atoms. The minimum absolute atomic E-state index is 0.0654. The van der Waals surface area contributed by atoms with E-state index >= 15 is 0 Å². The molecular formula is C23H19BrN2O3. The molecule has 0 saturated heterocycles. The molecule has 4 rings (SSSR count). The van der Waals surface area contributed by atoms with Crippen LogP contribution in [0.15, 0.2) is 69.6 Å². The van der Waals surface area contributed by atoms with Gasteiger partial charge in [-0.25, -0.2) is 4.98 Å². The number of hydrogen-bond acceptors (Lipinski definition) is 4. The molecule has 6 heteroatoms. The quantitative estimate of drug-likeness (QED) is 0.411. The number of carbonyl (C=O) groups excluding carboxylic acids is 1. The summed E-state index contributed by atoms with van der Waals surface area (Å²) in [5, 5.41) is 2.84. The predicted octanol–water partition coefficient (Wildman–Crippen LogP) is 5.89. The summed E-state index contributed by atoms with van der Waals surface area (Å²) in [7, 11) is 0. The summed E-state index contributed by atoms with van der Waals surface area (Å²) in [6.07, 6.45) is 0. The Kier molecular flexibility index (Phi) is 5.36. The number of hydrogen-bond donors (Lipinski definition) is 1. The Bertz CT molecular complexity index is 1200. The number of rotatable bonds is 5. The number of amides is 1. The molecule has 146 valence electrons. The third-order valence-electron chi connectivity index (χ3n) is 4.43. The first-order valence-electron chi connectivity index (χ1n) is 9.14. The highest BCUT2D eigenvalue weighted by molar-refractivity contribution is 9.10. The molecule has 4 aromatic rings. The maximum atomic E-state index is 12.3. The minimum Gasteiger partial charge on any atom is -0.483 e. The van der Waals surface area contributed by atoms with Crippen LogP contribution in [0.3, 0.4) is 0 Å². The Hall–Kier alpha value is -3.12. The lowest BCUT2D eigenvalue weighted by Crippen LogP contribution is -2.20. The van der Waals surface area contributed by atoms with E-state index in [0.717, 1.165) is 21.2 Å². The summed E-state index contributed by atoms with van der Waals surface area (Å²) in [4.78, 5) is 16.8. The van der Waals surface area contributed by atoms with Crippen molar-refractivity contribution in [1.82, 2.24) is 4.98 Å². The van der Waals surface area contributed by atoms with Gasteiger partial charge in [0.05, 0.1) is 0 Å². The van der Waals surface area contributed by atoms with Crippen molar-refractivity contribution < 1.29 is 13.9 Å². The Morgan fingerprint density at radius 2 is 1.97 bits per heavy atom. The van der Waals surface area contributed by atoms with Gasteiger partial charge in [-0.05, 0) is 61.9 Å². The van der Waals surface area contributed by atoms with Crippen LogP contribution in [0.5, 0.6) is 5.75 Å². The zero-order chi connectivity index (χ0) is 20.4. The Labute approximate surface area is 176 Å². The number of fused-ring (bicyclic) bond motifs is 1. The first-order valence-corrected chi connectivity index (χ1v) is 9.94. The van der Waals surface area contributed by atoms with Crippen LogP contribution in [0.1, 0.15) is 11.1 Å². The molecule has 0 atom stereocenters. The Morgan fingerprint density at radius 1 is 1.10 bits per heavy atom. The first-order chi connectivity index (χ1) is 14.0. The number of carbonyl (C=O) groups is 1. The van der Waals surface area contributed by atoms with Gasteiger partial charge in [-0.3, -0.25) is 4.79 Å². The molecular weight excluding hydrogens is 432 g/mol.